The number of rotatable bonds is 3. The Kier molecular flexibility index (Phi) is 2.82. The second-order valence-corrected chi connectivity index (χ2v) is 3.38. The molecule has 0 bridgehead atoms. The van der Waals surface area contributed by atoms with Crippen LogP contribution in [0.1, 0.15) is 5.56 Å². The van der Waals surface area contributed by atoms with Crippen molar-refractivity contribution in [2.45, 2.75) is 6.54 Å². The lowest BCUT2D eigenvalue weighted by molar-refractivity contribution is 0.624. The van der Waals surface area contributed by atoms with Crippen molar-refractivity contribution in [2.24, 2.45) is 0 Å². The zero-order valence-electron chi connectivity index (χ0n) is 7.67. The molecule has 6 heteroatoms. The van der Waals surface area contributed by atoms with E-state index in [1.165, 1.54) is 12.3 Å². The van der Waals surface area contributed by atoms with Gasteiger partial charge in [0.2, 0.25) is 0 Å². The van der Waals surface area contributed by atoms with Crippen molar-refractivity contribution in [3.63, 3.8) is 0 Å². The summed E-state index contributed by atoms with van der Waals surface area (Å²) in [6, 6.07) is 1.21. The average molecular weight is 227 g/mol. The number of hydrogen-bond donors (Lipinski definition) is 2. The molecule has 2 N–H and O–H groups in total. The molecule has 2 aromatic heterocycles. The molecule has 0 spiro atoms. The SMILES string of the molecule is Fc1cc(Cl)cnc1NCc1cn[nH]c1. The molecule has 0 aliphatic carbocycles. The van der Waals surface area contributed by atoms with Gasteiger partial charge in [0.15, 0.2) is 11.6 Å². The maximum Gasteiger partial charge on any atom is 0.166 e. The molecule has 4 nitrogen and oxygen atoms in total. The zero-order valence-corrected chi connectivity index (χ0v) is 8.42. The number of nitrogens with zero attached hydrogens (tertiary/aromatic N) is 2. The fourth-order valence-corrected chi connectivity index (χ4v) is 1.25. The highest BCUT2D eigenvalue weighted by molar-refractivity contribution is 6.30. The van der Waals surface area contributed by atoms with Gasteiger partial charge in [-0.05, 0) is 6.07 Å². The van der Waals surface area contributed by atoms with Crippen LogP contribution in [0.25, 0.3) is 0 Å². The minimum Gasteiger partial charge on any atom is -0.363 e. The lowest BCUT2D eigenvalue weighted by Crippen LogP contribution is -2.02. The molecular formula is C9H8ClFN4. The van der Waals surface area contributed by atoms with E-state index in [-0.39, 0.29) is 10.8 Å². The topological polar surface area (TPSA) is 53.6 Å². The van der Waals surface area contributed by atoms with Crippen molar-refractivity contribution in [1.82, 2.24) is 15.2 Å². The Morgan fingerprint density at radius 3 is 3.00 bits per heavy atom. The van der Waals surface area contributed by atoms with Crippen LogP contribution in [-0.4, -0.2) is 15.2 Å². The number of pyridine rings is 1. The Bertz CT molecular complexity index is 443. The number of halogens is 2. The van der Waals surface area contributed by atoms with Crippen LogP contribution in [0.15, 0.2) is 24.7 Å². The van der Waals surface area contributed by atoms with Gasteiger partial charge in [-0.2, -0.15) is 5.10 Å². The summed E-state index contributed by atoms with van der Waals surface area (Å²) >= 11 is 5.57. The Labute approximate surface area is 90.5 Å². The highest BCUT2D eigenvalue weighted by Gasteiger charge is 2.04. The summed E-state index contributed by atoms with van der Waals surface area (Å²) in [5.41, 5.74) is 0.922. The Morgan fingerprint density at radius 2 is 2.33 bits per heavy atom. The molecule has 0 fully saturated rings. The molecule has 0 unspecified atom stereocenters. The Hall–Kier alpha value is -1.62. The van der Waals surface area contributed by atoms with Gasteiger partial charge in [-0.15, -0.1) is 0 Å². The van der Waals surface area contributed by atoms with Gasteiger partial charge in [0.25, 0.3) is 0 Å². The molecule has 2 heterocycles. The molecule has 15 heavy (non-hydrogen) atoms. The van der Waals surface area contributed by atoms with Crippen LogP contribution < -0.4 is 5.32 Å². The molecule has 0 saturated heterocycles. The summed E-state index contributed by atoms with van der Waals surface area (Å²) in [4.78, 5) is 3.83. The van der Waals surface area contributed by atoms with Crippen molar-refractivity contribution in [3.05, 3.63) is 41.1 Å². The first-order valence-electron chi connectivity index (χ1n) is 4.28. The maximum atomic E-state index is 13.2. The van der Waals surface area contributed by atoms with Crippen molar-refractivity contribution < 1.29 is 4.39 Å². The van der Waals surface area contributed by atoms with E-state index < -0.39 is 5.82 Å². The smallest absolute Gasteiger partial charge is 0.166 e. The van der Waals surface area contributed by atoms with E-state index in [0.717, 1.165) is 5.56 Å². The summed E-state index contributed by atoms with van der Waals surface area (Å²) < 4.78 is 13.2. The molecule has 0 atom stereocenters. The first-order chi connectivity index (χ1) is 7.25. The largest absolute Gasteiger partial charge is 0.363 e. The van der Waals surface area contributed by atoms with E-state index in [1.807, 2.05) is 0 Å². The summed E-state index contributed by atoms with van der Waals surface area (Å²) in [6.45, 7) is 0.460. The van der Waals surface area contributed by atoms with Crippen LogP contribution in [0.4, 0.5) is 10.2 Å². The van der Waals surface area contributed by atoms with E-state index in [4.69, 9.17) is 11.6 Å². The quantitative estimate of drug-likeness (QED) is 0.844. The van der Waals surface area contributed by atoms with E-state index >= 15 is 0 Å². The molecule has 0 aliphatic heterocycles. The summed E-state index contributed by atoms with van der Waals surface area (Å²) in [5.74, 6) is -0.286. The molecule has 0 radical (unpaired) electrons. The Balaban J connectivity index is 2.05. The first kappa shape index (κ1) is 9.92. The van der Waals surface area contributed by atoms with Gasteiger partial charge in [0.05, 0.1) is 11.2 Å². The second-order valence-electron chi connectivity index (χ2n) is 2.94. The average Bonchev–Trinajstić information content (AvgIpc) is 2.69. The first-order valence-corrected chi connectivity index (χ1v) is 4.66. The number of aromatic amines is 1. The van der Waals surface area contributed by atoms with E-state index in [0.29, 0.717) is 6.54 Å². The van der Waals surface area contributed by atoms with E-state index in [2.05, 4.69) is 20.5 Å². The van der Waals surface area contributed by atoms with Crippen LogP contribution in [-0.2, 0) is 6.54 Å². The molecular weight excluding hydrogens is 219 g/mol. The third kappa shape index (κ3) is 2.44. The standard InChI is InChI=1S/C9H8ClFN4/c10-7-1-8(11)9(13-5-7)12-2-6-3-14-15-4-6/h1,3-5H,2H2,(H,12,13)(H,14,15). The van der Waals surface area contributed by atoms with E-state index in [9.17, 15) is 4.39 Å². The third-order valence-corrected chi connectivity index (χ3v) is 2.03. The van der Waals surface area contributed by atoms with Gasteiger partial charge in [-0.1, -0.05) is 11.6 Å². The predicted molar refractivity (Wildman–Crippen MR) is 55.1 cm³/mol. The monoisotopic (exact) mass is 226 g/mol. The van der Waals surface area contributed by atoms with Gasteiger partial charge >= 0.3 is 0 Å². The Morgan fingerprint density at radius 1 is 1.47 bits per heavy atom. The molecule has 0 aromatic carbocycles. The number of hydrogen-bond acceptors (Lipinski definition) is 3. The van der Waals surface area contributed by atoms with E-state index in [1.54, 1.807) is 12.4 Å². The maximum absolute atomic E-state index is 13.2. The molecule has 0 amide bonds. The van der Waals surface area contributed by atoms with Crippen LogP contribution in [0.5, 0.6) is 0 Å². The number of anilines is 1. The zero-order chi connectivity index (χ0) is 10.7. The van der Waals surface area contributed by atoms with Crippen LogP contribution >= 0.6 is 11.6 Å². The lowest BCUT2D eigenvalue weighted by Gasteiger charge is -2.04. The lowest BCUT2D eigenvalue weighted by atomic mass is 10.3. The minimum absolute atomic E-state index is 0.181. The molecule has 78 valence electrons. The fraction of sp³-hybridized carbons (Fsp3) is 0.111. The van der Waals surface area contributed by atoms with Crippen LogP contribution in [0, 0.1) is 5.82 Å². The molecule has 0 saturated carbocycles. The number of aromatic nitrogens is 3. The summed E-state index contributed by atoms with van der Waals surface area (Å²) in [6.07, 6.45) is 4.77. The summed E-state index contributed by atoms with van der Waals surface area (Å²) in [7, 11) is 0. The van der Waals surface area contributed by atoms with Gasteiger partial charge < -0.3 is 5.32 Å². The van der Waals surface area contributed by atoms with Crippen LogP contribution in [0.2, 0.25) is 5.02 Å². The molecule has 0 aliphatic rings. The van der Waals surface area contributed by atoms with Gasteiger partial charge in [0, 0.05) is 24.5 Å². The highest BCUT2D eigenvalue weighted by Crippen LogP contribution is 2.15. The normalized spacial score (nSPS) is 10.3. The minimum atomic E-state index is -0.467. The van der Waals surface area contributed by atoms with Crippen LogP contribution in [0.3, 0.4) is 0 Å². The predicted octanol–water partition coefficient (Wildman–Crippen LogP) is 2.21. The molecule has 2 aromatic rings. The van der Waals surface area contributed by atoms with Gasteiger partial charge in [-0.3, -0.25) is 5.10 Å². The molecule has 2 rings (SSSR count). The number of H-pyrrole nitrogens is 1. The summed E-state index contributed by atoms with van der Waals surface area (Å²) in [5, 5.41) is 9.55. The van der Waals surface area contributed by atoms with Gasteiger partial charge in [-0.25, -0.2) is 9.37 Å². The van der Waals surface area contributed by atoms with Crippen molar-refractivity contribution in [1.29, 1.82) is 0 Å². The van der Waals surface area contributed by atoms with Crippen molar-refractivity contribution in [3.8, 4) is 0 Å². The number of nitrogens with one attached hydrogen (secondary N) is 2. The van der Waals surface area contributed by atoms with Crippen molar-refractivity contribution in [2.75, 3.05) is 5.32 Å². The highest BCUT2D eigenvalue weighted by atomic mass is 35.5. The van der Waals surface area contributed by atoms with Gasteiger partial charge in [0.1, 0.15) is 0 Å². The van der Waals surface area contributed by atoms with Crippen molar-refractivity contribution >= 4 is 17.4 Å². The second kappa shape index (κ2) is 4.27. The third-order valence-electron chi connectivity index (χ3n) is 1.82. The fourth-order valence-electron chi connectivity index (χ4n) is 1.10.